The second-order valence-electron chi connectivity index (χ2n) is 6.14. The van der Waals surface area contributed by atoms with E-state index in [4.69, 9.17) is 5.73 Å². The molecule has 0 aliphatic heterocycles. The van der Waals surface area contributed by atoms with Crippen molar-refractivity contribution in [2.45, 2.75) is 58.7 Å². The Balaban J connectivity index is 2.07. The minimum absolute atomic E-state index is 0.0991. The quantitative estimate of drug-likeness (QED) is 0.867. The molecule has 1 aliphatic carbocycles. The smallest absolute Gasteiger partial charge is 0.240 e. The third-order valence-electron chi connectivity index (χ3n) is 4.06. The largest absolute Gasteiger partial charge is 0.334 e. The summed E-state index contributed by atoms with van der Waals surface area (Å²) in [5.74, 6) is 0.285. The third kappa shape index (κ3) is 3.60. The van der Waals surface area contributed by atoms with E-state index >= 15 is 0 Å². The maximum absolute atomic E-state index is 12.5. The Labute approximate surface area is 122 Å². The van der Waals surface area contributed by atoms with Crippen LogP contribution in [0.1, 0.15) is 44.7 Å². The van der Waals surface area contributed by atoms with Gasteiger partial charge in [-0.3, -0.25) is 4.79 Å². The van der Waals surface area contributed by atoms with Crippen LogP contribution in [0.3, 0.4) is 0 Å². The van der Waals surface area contributed by atoms with Crippen LogP contribution in [0, 0.1) is 5.92 Å². The van der Waals surface area contributed by atoms with Crippen LogP contribution in [0.2, 0.25) is 0 Å². The lowest BCUT2D eigenvalue weighted by Gasteiger charge is -2.27. The summed E-state index contributed by atoms with van der Waals surface area (Å²) in [6.45, 7) is 6.85. The maximum Gasteiger partial charge on any atom is 0.240 e. The van der Waals surface area contributed by atoms with Gasteiger partial charge >= 0.3 is 0 Å². The predicted octanol–water partition coefficient (Wildman–Crippen LogP) is 2.72. The summed E-state index contributed by atoms with van der Waals surface area (Å²) in [6.07, 6.45) is 3.27. The van der Waals surface area contributed by atoms with Gasteiger partial charge in [0, 0.05) is 12.6 Å². The Morgan fingerprint density at radius 3 is 2.25 bits per heavy atom. The van der Waals surface area contributed by atoms with Gasteiger partial charge in [-0.25, -0.2) is 0 Å². The first kappa shape index (κ1) is 15.0. The number of carbonyl (C=O) groups is 1. The Hall–Kier alpha value is -1.35. The monoisotopic (exact) mass is 274 g/mol. The third-order valence-corrected chi connectivity index (χ3v) is 4.06. The highest BCUT2D eigenvalue weighted by Crippen LogP contribution is 2.29. The molecule has 0 saturated heterocycles. The molecular formula is C17H26N2O. The van der Waals surface area contributed by atoms with Gasteiger partial charge in [-0.2, -0.15) is 0 Å². The second kappa shape index (κ2) is 6.40. The molecule has 0 heterocycles. The molecule has 1 fully saturated rings. The van der Waals surface area contributed by atoms with E-state index in [1.54, 1.807) is 0 Å². The zero-order valence-corrected chi connectivity index (χ0v) is 12.8. The van der Waals surface area contributed by atoms with Crippen LogP contribution in [0.15, 0.2) is 24.3 Å². The van der Waals surface area contributed by atoms with E-state index in [1.807, 2.05) is 18.7 Å². The number of hydrogen-bond acceptors (Lipinski definition) is 2. The van der Waals surface area contributed by atoms with Gasteiger partial charge in [0.2, 0.25) is 5.91 Å². The van der Waals surface area contributed by atoms with E-state index in [9.17, 15) is 4.79 Å². The average Bonchev–Trinajstić information content (AvgIpc) is 3.28. The van der Waals surface area contributed by atoms with Gasteiger partial charge in [-0.1, -0.05) is 45.0 Å². The summed E-state index contributed by atoms with van der Waals surface area (Å²) < 4.78 is 0. The van der Waals surface area contributed by atoms with Gasteiger partial charge < -0.3 is 10.6 Å². The normalized spacial score (nSPS) is 16.2. The molecule has 2 rings (SSSR count). The molecule has 2 N–H and O–H groups in total. The van der Waals surface area contributed by atoms with Crippen LogP contribution in [-0.4, -0.2) is 22.9 Å². The molecule has 1 saturated carbocycles. The van der Waals surface area contributed by atoms with Crippen LogP contribution in [-0.2, 0) is 17.8 Å². The highest BCUT2D eigenvalue weighted by Gasteiger charge is 2.35. The van der Waals surface area contributed by atoms with E-state index in [0.29, 0.717) is 12.6 Å². The van der Waals surface area contributed by atoms with Crippen molar-refractivity contribution in [1.29, 1.82) is 0 Å². The molecule has 1 aliphatic rings. The number of aryl methyl sites for hydroxylation is 1. The van der Waals surface area contributed by atoms with Crippen LogP contribution in [0.5, 0.6) is 0 Å². The lowest BCUT2D eigenvalue weighted by molar-refractivity contribution is -0.134. The van der Waals surface area contributed by atoms with E-state index in [2.05, 4.69) is 31.2 Å². The summed E-state index contributed by atoms with van der Waals surface area (Å²) >= 11 is 0. The van der Waals surface area contributed by atoms with E-state index in [0.717, 1.165) is 19.3 Å². The highest BCUT2D eigenvalue weighted by atomic mass is 16.2. The van der Waals surface area contributed by atoms with Crippen molar-refractivity contribution in [3.63, 3.8) is 0 Å². The molecule has 0 bridgehead atoms. The van der Waals surface area contributed by atoms with Crippen molar-refractivity contribution in [3.8, 4) is 0 Å². The molecule has 0 radical (unpaired) electrons. The number of hydrogen-bond donors (Lipinski definition) is 1. The fourth-order valence-electron chi connectivity index (χ4n) is 2.33. The summed E-state index contributed by atoms with van der Waals surface area (Å²) in [5.41, 5.74) is 8.56. The summed E-state index contributed by atoms with van der Waals surface area (Å²) in [6, 6.07) is 8.56. The van der Waals surface area contributed by atoms with Gasteiger partial charge in [-0.05, 0) is 36.3 Å². The van der Waals surface area contributed by atoms with Crippen molar-refractivity contribution >= 4 is 5.91 Å². The minimum Gasteiger partial charge on any atom is -0.334 e. The first-order valence-corrected chi connectivity index (χ1v) is 7.66. The molecule has 1 aromatic carbocycles. The molecule has 1 amide bonds. The van der Waals surface area contributed by atoms with E-state index in [-0.39, 0.29) is 17.9 Å². The molecule has 20 heavy (non-hydrogen) atoms. The van der Waals surface area contributed by atoms with Gasteiger partial charge in [0.15, 0.2) is 0 Å². The highest BCUT2D eigenvalue weighted by molar-refractivity contribution is 5.82. The minimum atomic E-state index is -0.384. The van der Waals surface area contributed by atoms with Crippen molar-refractivity contribution in [3.05, 3.63) is 35.4 Å². The van der Waals surface area contributed by atoms with Gasteiger partial charge in [-0.15, -0.1) is 0 Å². The van der Waals surface area contributed by atoms with Crippen LogP contribution >= 0.6 is 0 Å². The molecule has 1 atom stereocenters. The van der Waals surface area contributed by atoms with Crippen molar-refractivity contribution < 1.29 is 4.79 Å². The first-order chi connectivity index (χ1) is 9.52. The number of benzene rings is 1. The molecule has 3 nitrogen and oxygen atoms in total. The fraction of sp³-hybridized carbons (Fsp3) is 0.588. The lowest BCUT2D eigenvalue weighted by Crippen LogP contribution is -2.47. The SMILES string of the molecule is CCc1ccc(CN(C(=O)[C@H](N)C(C)C)C2CC2)cc1. The predicted molar refractivity (Wildman–Crippen MR) is 82.2 cm³/mol. The van der Waals surface area contributed by atoms with Crippen molar-refractivity contribution in [1.82, 2.24) is 4.90 Å². The second-order valence-corrected chi connectivity index (χ2v) is 6.14. The van der Waals surface area contributed by atoms with Crippen molar-refractivity contribution in [2.24, 2.45) is 11.7 Å². The molecule has 1 aromatic rings. The first-order valence-electron chi connectivity index (χ1n) is 7.66. The molecule has 0 aromatic heterocycles. The fourth-order valence-corrected chi connectivity index (χ4v) is 2.33. The lowest BCUT2D eigenvalue weighted by atomic mass is 10.0. The molecule has 0 unspecified atom stereocenters. The number of nitrogens with zero attached hydrogens (tertiary/aromatic N) is 1. The maximum atomic E-state index is 12.5. The zero-order valence-electron chi connectivity index (χ0n) is 12.8. The summed E-state index contributed by atoms with van der Waals surface area (Å²) in [4.78, 5) is 14.5. The number of nitrogens with two attached hydrogens (primary N) is 1. The van der Waals surface area contributed by atoms with Crippen LogP contribution in [0.25, 0.3) is 0 Å². The van der Waals surface area contributed by atoms with Crippen LogP contribution in [0.4, 0.5) is 0 Å². The van der Waals surface area contributed by atoms with Gasteiger partial charge in [0.25, 0.3) is 0 Å². The summed E-state index contributed by atoms with van der Waals surface area (Å²) in [7, 11) is 0. The zero-order chi connectivity index (χ0) is 14.7. The Morgan fingerprint density at radius 1 is 1.25 bits per heavy atom. The number of rotatable bonds is 6. The average molecular weight is 274 g/mol. The Bertz CT molecular complexity index is 449. The van der Waals surface area contributed by atoms with E-state index in [1.165, 1.54) is 11.1 Å². The van der Waals surface area contributed by atoms with Crippen LogP contribution < -0.4 is 5.73 Å². The molecular weight excluding hydrogens is 248 g/mol. The van der Waals surface area contributed by atoms with Crippen molar-refractivity contribution in [2.75, 3.05) is 0 Å². The summed E-state index contributed by atoms with van der Waals surface area (Å²) in [5, 5.41) is 0. The number of amides is 1. The van der Waals surface area contributed by atoms with Gasteiger partial charge in [0.05, 0.1) is 6.04 Å². The topological polar surface area (TPSA) is 46.3 Å². The van der Waals surface area contributed by atoms with Gasteiger partial charge in [0.1, 0.15) is 0 Å². The molecule has 3 heteroatoms. The Kier molecular flexibility index (Phi) is 4.81. The molecule has 0 spiro atoms. The standard InChI is InChI=1S/C17H26N2O/c1-4-13-5-7-14(8-6-13)11-19(15-9-10-15)17(20)16(18)12(2)3/h5-8,12,15-16H,4,9-11,18H2,1-3H3/t16-/m1/s1. The number of carbonyl (C=O) groups excluding carboxylic acids is 1. The Morgan fingerprint density at radius 2 is 1.80 bits per heavy atom. The van der Waals surface area contributed by atoms with E-state index < -0.39 is 0 Å². The molecule has 110 valence electrons.